The Hall–Kier alpha value is -2.50. The molecule has 3 rings (SSSR count). The average Bonchev–Trinajstić information content (AvgIpc) is 3.12. The van der Waals surface area contributed by atoms with Gasteiger partial charge in [0.2, 0.25) is 6.79 Å². The fourth-order valence-corrected chi connectivity index (χ4v) is 3.81. The molecule has 3 atom stereocenters. The molecule has 1 aliphatic heterocycles. The van der Waals surface area contributed by atoms with Crippen molar-refractivity contribution >= 4 is 18.0 Å². The second-order valence-corrected chi connectivity index (χ2v) is 7.91. The molecule has 1 saturated carbocycles. The van der Waals surface area contributed by atoms with E-state index in [1.165, 1.54) is 6.08 Å². The van der Waals surface area contributed by atoms with Crippen LogP contribution in [0.4, 0.5) is 0 Å². The van der Waals surface area contributed by atoms with E-state index in [9.17, 15) is 9.59 Å². The third-order valence-corrected chi connectivity index (χ3v) is 5.38. The van der Waals surface area contributed by atoms with Gasteiger partial charge in [0.15, 0.2) is 18.1 Å². The number of hydrogen-bond acceptors (Lipinski definition) is 6. The first-order chi connectivity index (χ1) is 13.4. The highest BCUT2D eigenvalue weighted by molar-refractivity contribution is 5.88. The average molecular weight is 388 g/mol. The van der Waals surface area contributed by atoms with E-state index in [2.05, 4.69) is 20.8 Å². The molecule has 0 radical (unpaired) electrons. The molecule has 0 N–H and O–H groups in total. The Bertz CT molecular complexity index is 739. The van der Waals surface area contributed by atoms with Crippen LogP contribution < -0.4 is 9.47 Å². The lowest BCUT2D eigenvalue weighted by atomic mass is 9.75. The summed E-state index contributed by atoms with van der Waals surface area (Å²) in [6, 6.07) is 5.36. The topological polar surface area (TPSA) is 71.1 Å². The Morgan fingerprint density at radius 2 is 2.00 bits per heavy atom. The van der Waals surface area contributed by atoms with Gasteiger partial charge >= 0.3 is 11.9 Å². The summed E-state index contributed by atoms with van der Waals surface area (Å²) in [6.45, 7) is 6.31. The van der Waals surface area contributed by atoms with E-state index >= 15 is 0 Å². The zero-order chi connectivity index (χ0) is 20.1. The number of carbonyl (C=O) groups is 2. The third kappa shape index (κ3) is 5.27. The van der Waals surface area contributed by atoms with Crippen molar-refractivity contribution < 1.29 is 28.5 Å². The van der Waals surface area contributed by atoms with E-state index in [4.69, 9.17) is 18.9 Å². The molecule has 0 unspecified atom stereocenters. The normalized spacial score (nSPS) is 23.8. The first kappa shape index (κ1) is 20.2. The van der Waals surface area contributed by atoms with Crippen molar-refractivity contribution in [2.24, 2.45) is 17.8 Å². The van der Waals surface area contributed by atoms with Crippen LogP contribution in [0, 0.1) is 17.8 Å². The van der Waals surface area contributed by atoms with Crippen molar-refractivity contribution in [1.82, 2.24) is 0 Å². The summed E-state index contributed by atoms with van der Waals surface area (Å²) in [7, 11) is 0. The molecule has 0 saturated heterocycles. The van der Waals surface area contributed by atoms with Gasteiger partial charge in [-0.25, -0.2) is 9.59 Å². The van der Waals surface area contributed by atoms with Gasteiger partial charge in [0.05, 0.1) is 0 Å². The van der Waals surface area contributed by atoms with Crippen LogP contribution in [0.5, 0.6) is 11.5 Å². The Morgan fingerprint density at radius 3 is 2.79 bits per heavy atom. The van der Waals surface area contributed by atoms with Crippen molar-refractivity contribution in [1.29, 1.82) is 0 Å². The van der Waals surface area contributed by atoms with Crippen molar-refractivity contribution in [3.63, 3.8) is 0 Å². The summed E-state index contributed by atoms with van der Waals surface area (Å²) in [4.78, 5) is 24.0. The standard InChI is InChI=1S/C22H28O6/c1-14(2)17-7-4-15(3)10-19(17)28-22(24)12-25-21(23)9-6-16-5-8-18-20(11-16)27-13-26-18/h5-6,8-9,11,14-15,17,19H,4,7,10,12-13H2,1-3H3/b9-6+/t15-,17+,19-/m1/s1. The number of fused-ring (bicyclic) bond motifs is 1. The van der Waals surface area contributed by atoms with Crippen molar-refractivity contribution in [3.05, 3.63) is 29.8 Å². The van der Waals surface area contributed by atoms with Crippen LogP contribution in [0.2, 0.25) is 0 Å². The number of carbonyl (C=O) groups excluding carboxylic acids is 2. The molecule has 6 heteroatoms. The van der Waals surface area contributed by atoms with Gasteiger partial charge in [0.25, 0.3) is 0 Å². The maximum atomic E-state index is 12.1. The second kappa shape index (κ2) is 9.13. The summed E-state index contributed by atoms with van der Waals surface area (Å²) in [5.41, 5.74) is 0.778. The lowest BCUT2D eigenvalue weighted by Gasteiger charge is -2.36. The van der Waals surface area contributed by atoms with Crippen molar-refractivity contribution in [2.75, 3.05) is 13.4 Å². The summed E-state index contributed by atoms with van der Waals surface area (Å²) in [5.74, 6) is 1.60. The molecule has 0 spiro atoms. The molecule has 1 aromatic carbocycles. The zero-order valence-corrected chi connectivity index (χ0v) is 16.7. The Balaban J connectivity index is 1.46. The quantitative estimate of drug-likeness (QED) is 0.542. The van der Waals surface area contributed by atoms with Crippen molar-refractivity contribution in [3.8, 4) is 11.5 Å². The monoisotopic (exact) mass is 388 g/mol. The van der Waals surface area contributed by atoms with Gasteiger partial charge in [0, 0.05) is 6.08 Å². The fourth-order valence-electron chi connectivity index (χ4n) is 3.81. The summed E-state index contributed by atoms with van der Waals surface area (Å²) >= 11 is 0. The number of rotatable bonds is 6. The number of esters is 2. The fraction of sp³-hybridized carbons (Fsp3) is 0.545. The Labute approximate surface area is 165 Å². The molecule has 0 aromatic heterocycles. The minimum Gasteiger partial charge on any atom is -0.460 e. The molecular formula is C22H28O6. The number of hydrogen-bond donors (Lipinski definition) is 0. The molecule has 152 valence electrons. The predicted octanol–water partition coefficient (Wildman–Crippen LogP) is 3.98. The highest BCUT2D eigenvalue weighted by Crippen LogP contribution is 2.35. The molecule has 1 aromatic rings. The first-order valence-electron chi connectivity index (χ1n) is 9.86. The lowest BCUT2D eigenvalue weighted by molar-refractivity contribution is -0.165. The maximum Gasteiger partial charge on any atom is 0.344 e. The van der Waals surface area contributed by atoms with Crippen molar-refractivity contribution in [2.45, 2.75) is 46.1 Å². The minimum absolute atomic E-state index is 0.0980. The lowest BCUT2D eigenvalue weighted by Crippen LogP contribution is -2.36. The van der Waals surface area contributed by atoms with Gasteiger partial charge < -0.3 is 18.9 Å². The number of benzene rings is 1. The predicted molar refractivity (Wildman–Crippen MR) is 104 cm³/mol. The molecule has 28 heavy (non-hydrogen) atoms. The largest absolute Gasteiger partial charge is 0.460 e. The van der Waals surface area contributed by atoms with E-state index < -0.39 is 11.9 Å². The maximum absolute atomic E-state index is 12.1. The van der Waals surface area contributed by atoms with E-state index in [0.717, 1.165) is 24.8 Å². The third-order valence-electron chi connectivity index (χ3n) is 5.38. The van der Waals surface area contributed by atoms with Crippen LogP contribution in [0.3, 0.4) is 0 Å². The Kier molecular flexibility index (Phi) is 6.60. The zero-order valence-electron chi connectivity index (χ0n) is 16.7. The summed E-state index contributed by atoms with van der Waals surface area (Å²) in [5, 5.41) is 0. The summed E-state index contributed by atoms with van der Waals surface area (Å²) < 4.78 is 21.2. The number of ether oxygens (including phenoxy) is 4. The summed E-state index contributed by atoms with van der Waals surface area (Å²) in [6.07, 6.45) is 5.88. The molecule has 1 fully saturated rings. The van der Waals surface area contributed by atoms with E-state index in [1.807, 2.05) is 6.07 Å². The first-order valence-corrected chi connectivity index (χ1v) is 9.86. The van der Waals surface area contributed by atoms with Gasteiger partial charge in [-0.1, -0.05) is 33.3 Å². The second-order valence-electron chi connectivity index (χ2n) is 7.91. The van der Waals surface area contributed by atoms with Gasteiger partial charge in [-0.3, -0.25) is 0 Å². The van der Waals surface area contributed by atoms with Crippen LogP contribution in [0.25, 0.3) is 6.08 Å². The van der Waals surface area contributed by atoms with Gasteiger partial charge in [-0.2, -0.15) is 0 Å². The van der Waals surface area contributed by atoms with Crippen LogP contribution >= 0.6 is 0 Å². The molecular weight excluding hydrogens is 360 g/mol. The van der Waals surface area contributed by atoms with Crippen LogP contribution in [-0.2, 0) is 19.1 Å². The van der Waals surface area contributed by atoms with Gasteiger partial charge in [-0.05, 0) is 54.4 Å². The van der Waals surface area contributed by atoms with Gasteiger partial charge in [0.1, 0.15) is 6.10 Å². The Morgan fingerprint density at radius 1 is 1.21 bits per heavy atom. The van der Waals surface area contributed by atoms with Crippen LogP contribution in [-0.4, -0.2) is 31.4 Å². The molecule has 6 nitrogen and oxygen atoms in total. The molecule has 1 aliphatic carbocycles. The molecule has 1 heterocycles. The van der Waals surface area contributed by atoms with E-state index in [1.54, 1.807) is 18.2 Å². The van der Waals surface area contributed by atoms with E-state index in [-0.39, 0.29) is 19.5 Å². The van der Waals surface area contributed by atoms with Crippen LogP contribution in [0.15, 0.2) is 24.3 Å². The SMILES string of the molecule is CC(C)[C@@H]1CC[C@@H](C)C[C@H]1OC(=O)COC(=O)/C=C/c1ccc2c(c1)OCO2. The molecule has 2 aliphatic rings. The highest BCUT2D eigenvalue weighted by Gasteiger charge is 2.33. The van der Waals surface area contributed by atoms with Crippen LogP contribution in [0.1, 0.15) is 45.6 Å². The molecule has 0 amide bonds. The minimum atomic E-state index is -0.591. The highest BCUT2D eigenvalue weighted by atomic mass is 16.7. The smallest absolute Gasteiger partial charge is 0.344 e. The van der Waals surface area contributed by atoms with Gasteiger partial charge in [-0.15, -0.1) is 0 Å². The molecule has 0 bridgehead atoms. The van der Waals surface area contributed by atoms with E-state index in [0.29, 0.717) is 29.3 Å².